The van der Waals surface area contributed by atoms with Crippen LogP contribution >= 0.6 is 15.9 Å². The highest BCUT2D eigenvalue weighted by Crippen LogP contribution is 2.25. The molecule has 72 valence electrons. The van der Waals surface area contributed by atoms with E-state index < -0.39 is 0 Å². The van der Waals surface area contributed by atoms with E-state index in [0.29, 0.717) is 5.92 Å². The van der Waals surface area contributed by atoms with Crippen molar-refractivity contribution < 1.29 is 0 Å². The lowest BCUT2D eigenvalue weighted by molar-refractivity contribution is 0.811. The van der Waals surface area contributed by atoms with Crippen LogP contribution in [0.1, 0.15) is 30.9 Å². The molecular formula is C11H16BrN. The molecule has 0 spiro atoms. The van der Waals surface area contributed by atoms with Crippen molar-refractivity contribution in [3.05, 3.63) is 33.8 Å². The molecule has 0 saturated carbocycles. The van der Waals surface area contributed by atoms with E-state index in [1.165, 1.54) is 15.6 Å². The molecule has 0 radical (unpaired) electrons. The van der Waals surface area contributed by atoms with Gasteiger partial charge >= 0.3 is 0 Å². The van der Waals surface area contributed by atoms with Crippen molar-refractivity contribution in [3.63, 3.8) is 0 Å². The average molecular weight is 242 g/mol. The van der Waals surface area contributed by atoms with Gasteiger partial charge in [-0.05, 0) is 30.2 Å². The zero-order valence-electron chi connectivity index (χ0n) is 8.39. The van der Waals surface area contributed by atoms with E-state index >= 15 is 0 Å². The molecule has 0 aliphatic carbocycles. The Hall–Kier alpha value is -0.340. The number of hydrogen-bond acceptors (Lipinski definition) is 1. The number of benzene rings is 1. The first kappa shape index (κ1) is 10.7. The van der Waals surface area contributed by atoms with Gasteiger partial charge in [0, 0.05) is 11.0 Å². The third-order valence-electron chi connectivity index (χ3n) is 2.07. The van der Waals surface area contributed by atoms with E-state index in [2.05, 4.69) is 53.3 Å². The molecule has 0 atom stereocenters. The Morgan fingerprint density at radius 2 is 2.08 bits per heavy atom. The van der Waals surface area contributed by atoms with Gasteiger partial charge in [0.05, 0.1) is 0 Å². The lowest BCUT2D eigenvalue weighted by atomic mass is 10.0. The minimum atomic E-state index is 0.581. The maximum Gasteiger partial charge on any atom is 0.0213 e. The summed E-state index contributed by atoms with van der Waals surface area (Å²) in [7, 11) is 1.96. The van der Waals surface area contributed by atoms with Crippen molar-refractivity contribution in [1.29, 1.82) is 0 Å². The SMILES string of the molecule is CNCc1ccc(C(C)C)c(Br)c1. The summed E-state index contributed by atoms with van der Waals surface area (Å²) in [6, 6.07) is 6.56. The third kappa shape index (κ3) is 2.82. The number of halogens is 1. The maximum absolute atomic E-state index is 3.59. The van der Waals surface area contributed by atoms with Gasteiger partial charge in [0.15, 0.2) is 0 Å². The molecule has 13 heavy (non-hydrogen) atoms. The van der Waals surface area contributed by atoms with Crippen LogP contribution in [0.5, 0.6) is 0 Å². The number of hydrogen-bond donors (Lipinski definition) is 1. The van der Waals surface area contributed by atoms with Gasteiger partial charge < -0.3 is 5.32 Å². The highest BCUT2D eigenvalue weighted by molar-refractivity contribution is 9.10. The fourth-order valence-corrected chi connectivity index (χ4v) is 2.24. The Bertz CT molecular complexity index is 281. The van der Waals surface area contributed by atoms with Gasteiger partial charge in [-0.3, -0.25) is 0 Å². The normalized spacial score (nSPS) is 10.8. The van der Waals surface area contributed by atoms with E-state index in [0.717, 1.165) is 6.54 Å². The Kier molecular flexibility index (Phi) is 3.94. The molecule has 0 heterocycles. The van der Waals surface area contributed by atoms with Gasteiger partial charge in [0.1, 0.15) is 0 Å². The molecule has 1 aromatic carbocycles. The molecule has 0 aliphatic rings. The molecular weight excluding hydrogens is 226 g/mol. The van der Waals surface area contributed by atoms with Crippen LogP contribution in [0.4, 0.5) is 0 Å². The first-order chi connectivity index (χ1) is 6.15. The van der Waals surface area contributed by atoms with Crippen molar-refractivity contribution in [1.82, 2.24) is 5.32 Å². The van der Waals surface area contributed by atoms with Crippen LogP contribution < -0.4 is 5.32 Å². The van der Waals surface area contributed by atoms with Crippen molar-refractivity contribution >= 4 is 15.9 Å². The first-order valence-corrected chi connectivity index (χ1v) is 5.37. The van der Waals surface area contributed by atoms with Crippen molar-refractivity contribution in [2.45, 2.75) is 26.3 Å². The maximum atomic E-state index is 3.59. The highest BCUT2D eigenvalue weighted by atomic mass is 79.9. The van der Waals surface area contributed by atoms with Crippen LogP contribution in [0, 0.1) is 0 Å². The molecule has 1 aromatic rings. The van der Waals surface area contributed by atoms with Gasteiger partial charge in [-0.25, -0.2) is 0 Å². The molecule has 2 heteroatoms. The Morgan fingerprint density at radius 1 is 1.38 bits per heavy atom. The summed E-state index contributed by atoms with van der Waals surface area (Å²) in [4.78, 5) is 0. The van der Waals surface area contributed by atoms with Gasteiger partial charge in [-0.2, -0.15) is 0 Å². The molecule has 0 aliphatic heterocycles. The lowest BCUT2D eigenvalue weighted by Crippen LogP contribution is -2.05. The second kappa shape index (κ2) is 4.77. The van der Waals surface area contributed by atoms with Crippen LogP contribution in [0.25, 0.3) is 0 Å². The topological polar surface area (TPSA) is 12.0 Å². The summed E-state index contributed by atoms with van der Waals surface area (Å²) < 4.78 is 1.22. The van der Waals surface area contributed by atoms with Crippen LogP contribution in [0.15, 0.2) is 22.7 Å². The van der Waals surface area contributed by atoms with E-state index in [9.17, 15) is 0 Å². The lowest BCUT2D eigenvalue weighted by Gasteiger charge is -2.09. The fourth-order valence-electron chi connectivity index (χ4n) is 1.35. The van der Waals surface area contributed by atoms with Gasteiger partial charge in [-0.1, -0.05) is 41.9 Å². The van der Waals surface area contributed by atoms with E-state index in [1.54, 1.807) is 0 Å². The Morgan fingerprint density at radius 3 is 2.54 bits per heavy atom. The predicted molar refractivity (Wildman–Crippen MR) is 61.0 cm³/mol. The summed E-state index contributed by atoms with van der Waals surface area (Å²) in [5, 5.41) is 3.14. The zero-order chi connectivity index (χ0) is 9.84. The van der Waals surface area contributed by atoms with E-state index in [4.69, 9.17) is 0 Å². The summed E-state index contributed by atoms with van der Waals surface area (Å²) in [5.41, 5.74) is 2.69. The highest BCUT2D eigenvalue weighted by Gasteiger charge is 2.04. The molecule has 1 nitrogen and oxygen atoms in total. The summed E-state index contributed by atoms with van der Waals surface area (Å²) in [5.74, 6) is 0.581. The van der Waals surface area contributed by atoms with E-state index in [1.807, 2.05) is 7.05 Å². The summed E-state index contributed by atoms with van der Waals surface area (Å²) in [6.07, 6.45) is 0. The minimum Gasteiger partial charge on any atom is -0.316 e. The molecule has 0 saturated heterocycles. The second-order valence-electron chi connectivity index (χ2n) is 3.54. The van der Waals surface area contributed by atoms with Gasteiger partial charge in [0.2, 0.25) is 0 Å². The molecule has 1 N–H and O–H groups in total. The first-order valence-electron chi connectivity index (χ1n) is 4.58. The predicted octanol–water partition coefficient (Wildman–Crippen LogP) is 3.29. The van der Waals surface area contributed by atoms with Crippen LogP contribution in [-0.2, 0) is 6.54 Å². The third-order valence-corrected chi connectivity index (χ3v) is 2.75. The van der Waals surface area contributed by atoms with Crippen LogP contribution in [-0.4, -0.2) is 7.05 Å². The van der Waals surface area contributed by atoms with Crippen LogP contribution in [0.3, 0.4) is 0 Å². The second-order valence-corrected chi connectivity index (χ2v) is 4.40. The number of rotatable bonds is 3. The molecule has 0 fully saturated rings. The zero-order valence-corrected chi connectivity index (χ0v) is 9.98. The van der Waals surface area contributed by atoms with Crippen molar-refractivity contribution in [2.24, 2.45) is 0 Å². The number of nitrogens with one attached hydrogen (secondary N) is 1. The molecule has 0 aromatic heterocycles. The Balaban J connectivity index is 2.92. The molecule has 1 rings (SSSR count). The monoisotopic (exact) mass is 241 g/mol. The molecule has 0 amide bonds. The average Bonchev–Trinajstić information content (AvgIpc) is 2.04. The standard InChI is InChI=1S/C11H16BrN/c1-8(2)10-5-4-9(7-13-3)6-11(10)12/h4-6,8,13H,7H2,1-3H3. The van der Waals surface area contributed by atoms with Crippen LogP contribution in [0.2, 0.25) is 0 Å². The summed E-state index contributed by atoms with van der Waals surface area (Å²) in [6.45, 7) is 5.34. The molecule has 0 bridgehead atoms. The summed E-state index contributed by atoms with van der Waals surface area (Å²) >= 11 is 3.59. The smallest absolute Gasteiger partial charge is 0.0213 e. The fraction of sp³-hybridized carbons (Fsp3) is 0.455. The van der Waals surface area contributed by atoms with Gasteiger partial charge in [0.25, 0.3) is 0 Å². The largest absolute Gasteiger partial charge is 0.316 e. The Labute approximate surface area is 88.7 Å². The van der Waals surface area contributed by atoms with Gasteiger partial charge in [-0.15, -0.1) is 0 Å². The molecule has 0 unspecified atom stereocenters. The van der Waals surface area contributed by atoms with Crippen molar-refractivity contribution in [2.75, 3.05) is 7.05 Å². The van der Waals surface area contributed by atoms with Crippen molar-refractivity contribution in [3.8, 4) is 0 Å². The quantitative estimate of drug-likeness (QED) is 0.857. The minimum absolute atomic E-state index is 0.581. The van der Waals surface area contributed by atoms with E-state index in [-0.39, 0.29) is 0 Å².